The highest BCUT2D eigenvalue weighted by molar-refractivity contribution is 5.99. The molecule has 0 aliphatic heterocycles. The molecule has 0 fully saturated rings. The minimum absolute atomic E-state index is 0.213. The van der Waals surface area contributed by atoms with E-state index >= 15 is 0 Å². The number of rotatable bonds is 2. The molecule has 0 aliphatic carbocycles. The van der Waals surface area contributed by atoms with Crippen LogP contribution >= 0.6 is 0 Å². The molecule has 4 nitrogen and oxygen atoms in total. The summed E-state index contributed by atoms with van der Waals surface area (Å²) in [5, 5.41) is 14.9. The van der Waals surface area contributed by atoms with Crippen LogP contribution in [0.5, 0.6) is 5.75 Å². The lowest BCUT2D eigenvalue weighted by atomic mass is 10.2. The minimum Gasteiger partial charge on any atom is -0.508 e. The molecule has 0 bridgehead atoms. The average Bonchev–Trinajstić information content (AvgIpc) is 2.34. The lowest BCUT2D eigenvalue weighted by Crippen LogP contribution is -2.19. The molecule has 3 N–H and O–H groups in total. The fraction of sp³-hybridized carbons (Fsp3) is 0.133. The fourth-order valence-electron chi connectivity index (χ4n) is 1.75. The molecule has 0 atom stereocenters. The number of aromatic hydroxyl groups is 1. The van der Waals surface area contributed by atoms with Gasteiger partial charge >= 0.3 is 6.03 Å². The summed E-state index contributed by atoms with van der Waals surface area (Å²) in [6.07, 6.45) is 0. The zero-order chi connectivity index (χ0) is 13.8. The molecule has 2 aromatic rings. The van der Waals surface area contributed by atoms with Gasteiger partial charge in [-0.1, -0.05) is 12.1 Å². The fourth-order valence-corrected chi connectivity index (χ4v) is 1.75. The first-order valence-electron chi connectivity index (χ1n) is 5.99. The number of aryl methyl sites for hydroxylation is 2. The molecule has 19 heavy (non-hydrogen) atoms. The molecule has 0 aliphatic rings. The number of phenols is 1. The highest BCUT2D eigenvalue weighted by Gasteiger charge is 2.04. The van der Waals surface area contributed by atoms with Crippen LogP contribution in [0, 0.1) is 13.8 Å². The third kappa shape index (κ3) is 3.48. The van der Waals surface area contributed by atoms with Crippen molar-refractivity contribution < 1.29 is 9.90 Å². The number of hydrogen-bond donors (Lipinski definition) is 3. The summed E-state index contributed by atoms with van der Waals surface area (Å²) in [6, 6.07) is 12.2. The maximum atomic E-state index is 11.8. The van der Waals surface area contributed by atoms with E-state index in [4.69, 9.17) is 0 Å². The molecular formula is C15H16N2O2. The van der Waals surface area contributed by atoms with Crippen molar-refractivity contribution in [2.45, 2.75) is 13.8 Å². The molecule has 2 rings (SSSR count). The van der Waals surface area contributed by atoms with Crippen LogP contribution in [0.25, 0.3) is 0 Å². The van der Waals surface area contributed by atoms with Crippen LogP contribution in [-0.4, -0.2) is 11.1 Å². The maximum Gasteiger partial charge on any atom is 0.323 e. The van der Waals surface area contributed by atoms with Crippen molar-refractivity contribution in [2.24, 2.45) is 0 Å². The maximum absolute atomic E-state index is 11.8. The summed E-state index contributed by atoms with van der Waals surface area (Å²) in [6.45, 7) is 3.74. The van der Waals surface area contributed by atoms with Crippen LogP contribution in [0.4, 0.5) is 16.2 Å². The Bertz CT molecular complexity index is 609. The van der Waals surface area contributed by atoms with E-state index in [1.165, 1.54) is 0 Å². The third-order valence-corrected chi connectivity index (χ3v) is 2.73. The highest BCUT2D eigenvalue weighted by Crippen LogP contribution is 2.20. The van der Waals surface area contributed by atoms with E-state index in [0.717, 1.165) is 11.3 Å². The van der Waals surface area contributed by atoms with Gasteiger partial charge in [0.05, 0.1) is 0 Å². The summed E-state index contributed by atoms with van der Waals surface area (Å²) >= 11 is 0. The molecule has 4 heteroatoms. The number of benzene rings is 2. The van der Waals surface area contributed by atoms with Gasteiger partial charge in [0.25, 0.3) is 0 Å². The average molecular weight is 256 g/mol. The van der Waals surface area contributed by atoms with Crippen molar-refractivity contribution >= 4 is 17.4 Å². The Morgan fingerprint density at radius 1 is 1.00 bits per heavy atom. The van der Waals surface area contributed by atoms with Gasteiger partial charge in [-0.05, 0) is 55.3 Å². The van der Waals surface area contributed by atoms with Gasteiger partial charge in [0.15, 0.2) is 0 Å². The first-order chi connectivity index (χ1) is 9.04. The van der Waals surface area contributed by atoms with Crippen LogP contribution in [0.3, 0.4) is 0 Å². The predicted octanol–water partition coefficient (Wildman–Crippen LogP) is 3.65. The standard InChI is InChI=1S/C15H16N2O2/c1-10-4-3-5-12(8-10)16-15(19)17-13-6-7-14(18)11(2)9-13/h3-9,18H,1-2H3,(H2,16,17,19). The minimum atomic E-state index is -0.310. The molecule has 2 amide bonds. The van der Waals surface area contributed by atoms with Crippen LogP contribution < -0.4 is 10.6 Å². The summed E-state index contributed by atoms with van der Waals surface area (Å²) in [7, 11) is 0. The number of anilines is 2. The predicted molar refractivity (Wildman–Crippen MR) is 76.7 cm³/mol. The van der Waals surface area contributed by atoms with Crippen LogP contribution in [0.2, 0.25) is 0 Å². The van der Waals surface area contributed by atoms with Gasteiger partial charge in [-0.2, -0.15) is 0 Å². The molecule has 0 aromatic heterocycles. The van der Waals surface area contributed by atoms with Gasteiger partial charge in [-0.25, -0.2) is 4.79 Å². The Labute approximate surface area is 112 Å². The highest BCUT2D eigenvalue weighted by atomic mass is 16.3. The number of carbonyl (C=O) groups excluding carboxylic acids is 1. The van der Waals surface area contributed by atoms with Crippen LogP contribution in [0.1, 0.15) is 11.1 Å². The van der Waals surface area contributed by atoms with E-state index in [0.29, 0.717) is 11.3 Å². The lowest BCUT2D eigenvalue weighted by Gasteiger charge is -2.09. The van der Waals surface area contributed by atoms with E-state index in [-0.39, 0.29) is 11.8 Å². The van der Waals surface area contributed by atoms with Gasteiger partial charge < -0.3 is 15.7 Å². The molecule has 0 radical (unpaired) electrons. The van der Waals surface area contributed by atoms with Crippen molar-refractivity contribution in [3.05, 3.63) is 53.6 Å². The van der Waals surface area contributed by atoms with E-state index < -0.39 is 0 Å². The summed E-state index contributed by atoms with van der Waals surface area (Å²) in [5.74, 6) is 0.213. The van der Waals surface area contributed by atoms with Crippen molar-refractivity contribution in [1.82, 2.24) is 0 Å². The van der Waals surface area contributed by atoms with Gasteiger partial charge in [-0.3, -0.25) is 0 Å². The Balaban J connectivity index is 2.03. The molecule has 0 saturated heterocycles. The van der Waals surface area contributed by atoms with Crippen LogP contribution in [-0.2, 0) is 0 Å². The van der Waals surface area contributed by atoms with E-state index in [2.05, 4.69) is 10.6 Å². The second kappa shape index (κ2) is 5.44. The van der Waals surface area contributed by atoms with E-state index in [1.54, 1.807) is 25.1 Å². The van der Waals surface area contributed by atoms with E-state index in [1.807, 2.05) is 31.2 Å². The Hall–Kier alpha value is -2.49. The number of phenolic OH excluding ortho intramolecular Hbond substituents is 1. The second-order valence-corrected chi connectivity index (χ2v) is 4.45. The SMILES string of the molecule is Cc1cccc(NC(=O)Nc2ccc(O)c(C)c2)c1. The molecule has 2 aromatic carbocycles. The number of hydrogen-bond acceptors (Lipinski definition) is 2. The number of urea groups is 1. The van der Waals surface area contributed by atoms with Crippen molar-refractivity contribution in [3.8, 4) is 5.75 Å². The number of amides is 2. The third-order valence-electron chi connectivity index (χ3n) is 2.73. The first kappa shape index (κ1) is 13.0. The Morgan fingerprint density at radius 2 is 1.68 bits per heavy atom. The Kier molecular flexibility index (Phi) is 3.71. The largest absolute Gasteiger partial charge is 0.508 e. The normalized spacial score (nSPS) is 10.0. The molecular weight excluding hydrogens is 240 g/mol. The van der Waals surface area contributed by atoms with Crippen LogP contribution in [0.15, 0.2) is 42.5 Å². The summed E-state index contributed by atoms with van der Waals surface area (Å²) < 4.78 is 0. The molecule has 0 saturated carbocycles. The van der Waals surface area contributed by atoms with Crippen molar-refractivity contribution in [2.75, 3.05) is 10.6 Å². The lowest BCUT2D eigenvalue weighted by molar-refractivity contribution is 0.262. The molecule has 0 spiro atoms. The van der Waals surface area contributed by atoms with Crippen molar-refractivity contribution in [3.63, 3.8) is 0 Å². The quantitative estimate of drug-likeness (QED) is 0.718. The Morgan fingerprint density at radius 3 is 2.32 bits per heavy atom. The van der Waals surface area contributed by atoms with Crippen molar-refractivity contribution in [1.29, 1.82) is 0 Å². The zero-order valence-corrected chi connectivity index (χ0v) is 10.9. The number of carbonyl (C=O) groups is 1. The number of nitrogens with one attached hydrogen (secondary N) is 2. The zero-order valence-electron chi connectivity index (χ0n) is 10.9. The second-order valence-electron chi connectivity index (χ2n) is 4.45. The van der Waals surface area contributed by atoms with E-state index in [9.17, 15) is 9.90 Å². The van der Waals surface area contributed by atoms with Gasteiger partial charge in [-0.15, -0.1) is 0 Å². The summed E-state index contributed by atoms with van der Waals surface area (Å²) in [5.41, 5.74) is 3.18. The first-order valence-corrected chi connectivity index (χ1v) is 5.99. The van der Waals surface area contributed by atoms with Gasteiger partial charge in [0.2, 0.25) is 0 Å². The smallest absolute Gasteiger partial charge is 0.323 e. The van der Waals surface area contributed by atoms with Gasteiger partial charge in [0.1, 0.15) is 5.75 Å². The molecule has 98 valence electrons. The summed E-state index contributed by atoms with van der Waals surface area (Å²) in [4.78, 5) is 11.8. The monoisotopic (exact) mass is 256 g/mol. The van der Waals surface area contributed by atoms with Gasteiger partial charge in [0, 0.05) is 11.4 Å². The molecule has 0 heterocycles. The topological polar surface area (TPSA) is 61.4 Å². The molecule has 0 unspecified atom stereocenters.